The topological polar surface area (TPSA) is 58.6 Å². The lowest BCUT2D eigenvalue weighted by Crippen LogP contribution is -2.30. The smallest absolute Gasteiger partial charge is 0.417 e. The van der Waals surface area contributed by atoms with E-state index in [1.54, 1.807) is 0 Å². The Morgan fingerprint density at radius 3 is 2.71 bits per heavy atom. The van der Waals surface area contributed by atoms with Crippen LogP contribution in [0.4, 0.5) is 18.9 Å². The van der Waals surface area contributed by atoms with E-state index >= 15 is 0 Å². The van der Waals surface area contributed by atoms with Crippen LogP contribution in [-0.2, 0) is 10.9 Å². The number of nitrogens with one attached hydrogen (secondary N) is 1. The molecule has 2 atom stereocenters. The molecule has 4 nitrogen and oxygen atoms in total. The molecule has 0 radical (unpaired) electrons. The van der Waals surface area contributed by atoms with Crippen molar-refractivity contribution >= 4 is 11.7 Å². The van der Waals surface area contributed by atoms with Gasteiger partial charge in [-0.25, -0.2) is 4.79 Å². The quantitative estimate of drug-likeness (QED) is 0.895. The third-order valence-electron chi connectivity index (χ3n) is 3.47. The predicted molar refractivity (Wildman–Crippen MR) is 70.5 cm³/mol. The number of hydrogen-bond donors (Lipinski definition) is 2. The molecule has 2 rings (SSSR count). The highest BCUT2D eigenvalue weighted by molar-refractivity contribution is 5.91. The first-order chi connectivity index (χ1) is 9.79. The molecule has 21 heavy (non-hydrogen) atoms. The van der Waals surface area contributed by atoms with Crippen LogP contribution < -0.4 is 5.32 Å². The zero-order chi connectivity index (χ0) is 15.6. The number of anilines is 1. The van der Waals surface area contributed by atoms with Gasteiger partial charge in [0, 0.05) is 18.3 Å². The van der Waals surface area contributed by atoms with Crippen LogP contribution in [0.15, 0.2) is 18.2 Å². The molecule has 0 saturated carbocycles. The monoisotopic (exact) mass is 303 g/mol. The highest BCUT2D eigenvalue weighted by Gasteiger charge is 2.35. The average molecular weight is 303 g/mol. The second-order valence-electron chi connectivity index (χ2n) is 5.05. The summed E-state index contributed by atoms with van der Waals surface area (Å²) < 4.78 is 43.7. The normalized spacial score (nSPS) is 20.3. The fourth-order valence-corrected chi connectivity index (χ4v) is 2.41. The van der Waals surface area contributed by atoms with Gasteiger partial charge >= 0.3 is 12.1 Å². The van der Waals surface area contributed by atoms with Crippen LogP contribution in [0.5, 0.6) is 0 Å². The van der Waals surface area contributed by atoms with Crippen molar-refractivity contribution in [2.45, 2.75) is 38.1 Å². The van der Waals surface area contributed by atoms with E-state index < -0.39 is 23.3 Å². The second-order valence-corrected chi connectivity index (χ2v) is 5.05. The fourth-order valence-electron chi connectivity index (χ4n) is 2.41. The van der Waals surface area contributed by atoms with Crippen LogP contribution in [-0.4, -0.2) is 29.8 Å². The Morgan fingerprint density at radius 1 is 1.48 bits per heavy atom. The Morgan fingerprint density at radius 2 is 2.19 bits per heavy atom. The number of halogens is 3. The van der Waals surface area contributed by atoms with Crippen molar-refractivity contribution in [1.82, 2.24) is 0 Å². The van der Waals surface area contributed by atoms with Crippen LogP contribution in [0.25, 0.3) is 0 Å². The van der Waals surface area contributed by atoms with Crippen LogP contribution in [0, 0.1) is 0 Å². The Balaban J connectivity index is 2.21. The summed E-state index contributed by atoms with van der Waals surface area (Å²) in [7, 11) is 0. The molecule has 2 N–H and O–H groups in total. The van der Waals surface area contributed by atoms with Gasteiger partial charge in [-0.3, -0.25) is 0 Å². The molecule has 2 unspecified atom stereocenters. The number of carbonyl (C=O) groups is 1. The van der Waals surface area contributed by atoms with Crippen molar-refractivity contribution in [1.29, 1.82) is 0 Å². The maximum Gasteiger partial charge on any atom is 0.417 e. The summed E-state index contributed by atoms with van der Waals surface area (Å²) in [6, 6.07) is 2.93. The minimum absolute atomic E-state index is 0.0134. The number of benzene rings is 1. The summed E-state index contributed by atoms with van der Waals surface area (Å²) in [5.74, 6) is -1.60. The highest BCUT2D eigenvalue weighted by atomic mass is 19.4. The predicted octanol–water partition coefficient (Wildman–Crippen LogP) is 3.38. The van der Waals surface area contributed by atoms with Crippen molar-refractivity contribution in [3.8, 4) is 0 Å². The van der Waals surface area contributed by atoms with Gasteiger partial charge in [0.05, 0.1) is 17.2 Å². The van der Waals surface area contributed by atoms with Crippen molar-refractivity contribution in [3.63, 3.8) is 0 Å². The van der Waals surface area contributed by atoms with Crippen LogP contribution >= 0.6 is 0 Å². The zero-order valence-corrected chi connectivity index (χ0v) is 11.4. The van der Waals surface area contributed by atoms with Gasteiger partial charge in [-0.1, -0.05) is 0 Å². The molecule has 0 aromatic heterocycles. The molecular weight excluding hydrogens is 287 g/mol. The maximum atomic E-state index is 12.7. The summed E-state index contributed by atoms with van der Waals surface area (Å²) in [4.78, 5) is 11.0. The molecule has 116 valence electrons. The van der Waals surface area contributed by atoms with E-state index in [1.165, 1.54) is 6.07 Å². The van der Waals surface area contributed by atoms with Gasteiger partial charge in [0.1, 0.15) is 0 Å². The lowest BCUT2D eigenvalue weighted by molar-refractivity contribution is -0.138. The molecule has 1 fully saturated rings. The standard InChI is InChI=1S/C14H16F3NO3/c1-8(12-3-2-6-21-12)18-9-4-5-11(14(15,16)17)10(7-9)13(19)20/h4-5,7-8,12,18H,2-3,6H2,1H3,(H,19,20). The van der Waals surface area contributed by atoms with Crippen LogP contribution in [0.2, 0.25) is 0 Å². The molecule has 0 bridgehead atoms. The third kappa shape index (κ3) is 3.66. The first-order valence-electron chi connectivity index (χ1n) is 6.61. The van der Waals surface area contributed by atoms with Crippen LogP contribution in [0.1, 0.15) is 35.7 Å². The van der Waals surface area contributed by atoms with Gasteiger partial charge in [0.25, 0.3) is 0 Å². The second kappa shape index (κ2) is 5.93. The molecule has 7 heteroatoms. The molecule has 1 aromatic rings. The summed E-state index contributed by atoms with van der Waals surface area (Å²) in [5, 5.41) is 11.9. The molecule has 0 spiro atoms. The van der Waals surface area contributed by atoms with Gasteiger partial charge in [-0.05, 0) is 38.0 Å². The van der Waals surface area contributed by atoms with Gasteiger partial charge in [0.2, 0.25) is 0 Å². The fraction of sp³-hybridized carbons (Fsp3) is 0.500. The van der Waals surface area contributed by atoms with Gasteiger partial charge in [0.15, 0.2) is 0 Å². The third-order valence-corrected chi connectivity index (χ3v) is 3.47. The number of hydrogen-bond acceptors (Lipinski definition) is 3. The molecular formula is C14H16F3NO3. The molecule has 1 aromatic carbocycles. The van der Waals surface area contributed by atoms with E-state index in [0.717, 1.165) is 25.0 Å². The van der Waals surface area contributed by atoms with E-state index in [0.29, 0.717) is 12.3 Å². The number of alkyl halides is 3. The molecule has 0 aliphatic carbocycles. The Labute approximate surface area is 119 Å². The van der Waals surface area contributed by atoms with E-state index in [4.69, 9.17) is 9.84 Å². The van der Waals surface area contributed by atoms with E-state index in [2.05, 4.69) is 5.32 Å². The number of aromatic carboxylic acids is 1. The summed E-state index contributed by atoms with van der Waals surface area (Å²) >= 11 is 0. The van der Waals surface area contributed by atoms with Crippen molar-refractivity contribution in [3.05, 3.63) is 29.3 Å². The Bertz CT molecular complexity index is 525. The lowest BCUT2D eigenvalue weighted by atomic mass is 10.0. The molecule has 1 saturated heterocycles. The van der Waals surface area contributed by atoms with E-state index in [1.807, 2.05) is 6.92 Å². The minimum atomic E-state index is -4.69. The number of rotatable bonds is 4. The highest BCUT2D eigenvalue weighted by Crippen LogP contribution is 2.33. The number of carboxylic acid groups (broad SMARTS) is 1. The minimum Gasteiger partial charge on any atom is -0.478 e. The first-order valence-corrected chi connectivity index (χ1v) is 6.61. The SMILES string of the molecule is CC(Nc1ccc(C(F)(F)F)c(C(=O)O)c1)C1CCCO1. The van der Waals surface area contributed by atoms with E-state index in [-0.39, 0.29) is 12.1 Å². The maximum absolute atomic E-state index is 12.7. The van der Waals surface area contributed by atoms with E-state index in [9.17, 15) is 18.0 Å². The Kier molecular flexibility index (Phi) is 4.41. The largest absolute Gasteiger partial charge is 0.478 e. The van der Waals surface area contributed by atoms with Gasteiger partial charge in [-0.15, -0.1) is 0 Å². The number of carboxylic acids is 1. The number of ether oxygens (including phenoxy) is 1. The first kappa shape index (κ1) is 15.6. The zero-order valence-electron chi connectivity index (χ0n) is 11.4. The summed E-state index contributed by atoms with van der Waals surface area (Å²) in [5.41, 5.74) is -1.57. The van der Waals surface area contributed by atoms with Gasteiger partial charge < -0.3 is 15.2 Å². The van der Waals surface area contributed by atoms with Crippen molar-refractivity contribution < 1.29 is 27.8 Å². The van der Waals surface area contributed by atoms with Crippen molar-refractivity contribution in [2.75, 3.05) is 11.9 Å². The molecule has 1 aliphatic heterocycles. The summed E-state index contributed by atoms with van der Waals surface area (Å²) in [6.45, 7) is 2.53. The van der Waals surface area contributed by atoms with Crippen LogP contribution in [0.3, 0.4) is 0 Å². The van der Waals surface area contributed by atoms with Gasteiger partial charge in [-0.2, -0.15) is 13.2 Å². The molecule has 0 amide bonds. The average Bonchev–Trinajstić information content (AvgIpc) is 2.91. The lowest BCUT2D eigenvalue weighted by Gasteiger charge is -2.22. The Hall–Kier alpha value is -1.76. The molecule has 1 heterocycles. The van der Waals surface area contributed by atoms with Crippen molar-refractivity contribution in [2.24, 2.45) is 0 Å². The summed E-state index contributed by atoms with van der Waals surface area (Å²) in [6.07, 6.45) is -2.88. The molecule has 1 aliphatic rings.